The summed E-state index contributed by atoms with van der Waals surface area (Å²) in [6.07, 6.45) is 0.159. The molecule has 2 unspecified atom stereocenters. The quantitative estimate of drug-likeness (QED) is 0.674. The van der Waals surface area contributed by atoms with Gasteiger partial charge in [-0.15, -0.1) is 0 Å². The molecule has 0 rings (SSSR count). The molecule has 3 nitrogen and oxygen atoms in total. The van der Waals surface area contributed by atoms with Crippen LogP contribution in [0.15, 0.2) is 0 Å². The Bertz CT molecular complexity index is 124. The summed E-state index contributed by atoms with van der Waals surface area (Å²) in [6.45, 7) is 8.18. The Hall–Kier alpha value is -0.120. The highest BCUT2D eigenvalue weighted by Gasteiger charge is 2.16. The van der Waals surface area contributed by atoms with Gasteiger partial charge in [-0.1, -0.05) is 13.8 Å². The fraction of sp³-hybridized carbons (Fsp3) is 1.00. The van der Waals surface area contributed by atoms with Gasteiger partial charge in [0.1, 0.15) is 0 Å². The standard InChI is InChI=1S/C10H24N2O/c1-8(2)9(3)12(4)7-10(6-11)13-5/h8-10H,6-7,11H2,1-5H3. The van der Waals surface area contributed by atoms with Crippen molar-refractivity contribution in [3.05, 3.63) is 0 Å². The number of hydrogen-bond donors (Lipinski definition) is 1. The lowest BCUT2D eigenvalue weighted by Gasteiger charge is -2.30. The highest BCUT2D eigenvalue weighted by atomic mass is 16.5. The van der Waals surface area contributed by atoms with Gasteiger partial charge in [-0.25, -0.2) is 0 Å². The first kappa shape index (κ1) is 12.9. The van der Waals surface area contributed by atoms with E-state index in [1.807, 2.05) is 0 Å². The molecule has 80 valence electrons. The van der Waals surface area contributed by atoms with Gasteiger partial charge in [-0.2, -0.15) is 0 Å². The molecule has 0 aliphatic rings. The molecule has 0 heterocycles. The molecule has 0 aromatic rings. The summed E-state index contributed by atoms with van der Waals surface area (Å²) in [5.41, 5.74) is 5.56. The molecule has 0 aliphatic carbocycles. The van der Waals surface area contributed by atoms with E-state index in [0.29, 0.717) is 18.5 Å². The minimum Gasteiger partial charge on any atom is -0.379 e. The van der Waals surface area contributed by atoms with Gasteiger partial charge in [0, 0.05) is 26.2 Å². The lowest BCUT2D eigenvalue weighted by molar-refractivity contribution is 0.0598. The third kappa shape index (κ3) is 4.60. The number of ether oxygens (including phenoxy) is 1. The van der Waals surface area contributed by atoms with Crippen LogP contribution in [0.2, 0.25) is 0 Å². The van der Waals surface area contributed by atoms with E-state index in [1.54, 1.807) is 7.11 Å². The van der Waals surface area contributed by atoms with Gasteiger partial charge in [0.25, 0.3) is 0 Å². The monoisotopic (exact) mass is 188 g/mol. The third-order valence-electron chi connectivity index (χ3n) is 2.75. The fourth-order valence-corrected chi connectivity index (χ4v) is 1.24. The lowest BCUT2D eigenvalue weighted by atomic mass is 10.1. The van der Waals surface area contributed by atoms with Crippen LogP contribution in [0.25, 0.3) is 0 Å². The second-order valence-corrected chi connectivity index (χ2v) is 4.02. The average Bonchev–Trinajstić information content (AvgIpc) is 2.12. The van der Waals surface area contributed by atoms with Gasteiger partial charge < -0.3 is 15.4 Å². The van der Waals surface area contributed by atoms with E-state index in [9.17, 15) is 0 Å². The van der Waals surface area contributed by atoms with Crippen LogP contribution < -0.4 is 5.73 Å². The highest BCUT2D eigenvalue weighted by molar-refractivity contribution is 4.71. The Morgan fingerprint density at radius 3 is 2.15 bits per heavy atom. The molecular weight excluding hydrogens is 164 g/mol. The molecule has 0 radical (unpaired) electrons. The van der Waals surface area contributed by atoms with Gasteiger partial charge in [0.2, 0.25) is 0 Å². The first-order valence-electron chi connectivity index (χ1n) is 4.96. The summed E-state index contributed by atoms with van der Waals surface area (Å²) < 4.78 is 5.23. The van der Waals surface area contributed by atoms with Crippen LogP contribution in [0, 0.1) is 5.92 Å². The van der Waals surface area contributed by atoms with Crippen molar-refractivity contribution in [2.75, 3.05) is 27.2 Å². The number of likely N-dealkylation sites (N-methyl/N-ethyl adjacent to an activating group) is 1. The maximum Gasteiger partial charge on any atom is 0.0820 e. The van der Waals surface area contributed by atoms with E-state index in [4.69, 9.17) is 10.5 Å². The van der Waals surface area contributed by atoms with Gasteiger partial charge >= 0.3 is 0 Å². The van der Waals surface area contributed by atoms with E-state index in [2.05, 4.69) is 32.7 Å². The molecule has 0 amide bonds. The van der Waals surface area contributed by atoms with Crippen molar-refractivity contribution in [2.45, 2.75) is 32.9 Å². The van der Waals surface area contributed by atoms with E-state index in [1.165, 1.54) is 0 Å². The van der Waals surface area contributed by atoms with Crippen molar-refractivity contribution in [2.24, 2.45) is 11.7 Å². The number of hydrogen-bond acceptors (Lipinski definition) is 3. The van der Waals surface area contributed by atoms with Crippen LogP contribution in [-0.2, 0) is 4.74 Å². The Morgan fingerprint density at radius 2 is 1.85 bits per heavy atom. The summed E-state index contributed by atoms with van der Waals surface area (Å²) in [4.78, 5) is 2.30. The predicted octanol–water partition coefficient (Wildman–Crippen LogP) is 0.936. The van der Waals surface area contributed by atoms with Crippen LogP contribution in [0.1, 0.15) is 20.8 Å². The van der Waals surface area contributed by atoms with E-state index < -0.39 is 0 Å². The van der Waals surface area contributed by atoms with Crippen LogP contribution in [0.3, 0.4) is 0 Å². The summed E-state index contributed by atoms with van der Waals surface area (Å²) in [6, 6.07) is 0.573. The Kier molecular flexibility index (Phi) is 6.29. The molecule has 0 saturated carbocycles. The molecule has 0 spiro atoms. The number of methoxy groups -OCH3 is 1. The Labute approximate surface area is 82.2 Å². The first-order valence-corrected chi connectivity index (χ1v) is 4.96. The molecule has 0 aromatic heterocycles. The maximum atomic E-state index is 5.56. The zero-order valence-electron chi connectivity index (χ0n) is 9.58. The molecule has 0 saturated heterocycles. The van der Waals surface area contributed by atoms with Crippen LogP contribution in [-0.4, -0.2) is 44.3 Å². The molecule has 2 N–H and O–H groups in total. The zero-order valence-corrected chi connectivity index (χ0v) is 9.58. The van der Waals surface area contributed by atoms with Crippen LogP contribution >= 0.6 is 0 Å². The molecule has 0 aromatic carbocycles. The fourth-order valence-electron chi connectivity index (χ4n) is 1.24. The lowest BCUT2D eigenvalue weighted by Crippen LogP contribution is -2.41. The molecule has 0 bridgehead atoms. The van der Waals surface area contributed by atoms with Gasteiger partial charge in [0.05, 0.1) is 6.10 Å². The largest absolute Gasteiger partial charge is 0.379 e. The number of rotatable bonds is 6. The molecule has 3 heteroatoms. The smallest absolute Gasteiger partial charge is 0.0820 e. The summed E-state index contributed by atoms with van der Waals surface area (Å²) in [5.74, 6) is 0.667. The topological polar surface area (TPSA) is 38.5 Å². The Morgan fingerprint density at radius 1 is 1.31 bits per heavy atom. The molecule has 0 fully saturated rings. The van der Waals surface area contributed by atoms with Crippen molar-refractivity contribution in [1.82, 2.24) is 4.90 Å². The maximum absolute atomic E-state index is 5.56. The number of nitrogens with two attached hydrogens (primary N) is 1. The van der Waals surface area contributed by atoms with Gasteiger partial charge in [-0.05, 0) is 19.9 Å². The van der Waals surface area contributed by atoms with Crippen molar-refractivity contribution in [1.29, 1.82) is 0 Å². The summed E-state index contributed by atoms with van der Waals surface area (Å²) in [7, 11) is 3.83. The predicted molar refractivity (Wildman–Crippen MR) is 56.8 cm³/mol. The van der Waals surface area contributed by atoms with Crippen molar-refractivity contribution in [3.63, 3.8) is 0 Å². The summed E-state index contributed by atoms with van der Waals surface area (Å²) in [5, 5.41) is 0. The Balaban J connectivity index is 3.89. The van der Waals surface area contributed by atoms with Crippen LogP contribution in [0.5, 0.6) is 0 Å². The average molecular weight is 188 g/mol. The highest BCUT2D eigenvalue weighted by Crippen LogP contribution is 2.08. The minimum absolute atomic E-state index is 0.159. The van der Waals surface area contributed by atoms with Gasteiger partial charge in [0.15, 0.2) is 0 Å². The van der Waals surface area contributed by atoms with Crippen molar-refractivity contribution < 1.29 is 4.74 Å². The van der Waals surface area contributed by atoms with Crippen LogP contribution in [0.4, 0.5) is 0 Å². The third-order valence-corrected chi connectivity index (χ3v) is 2.75. The zero-order chi connectivity index (χ0) is 10.4. The molecular formula is C10H24N2O. The van der Waals surface area contributed by atoms with Crippen molar-refractivity contribution >= 4 is 0 Å². The minimum atomic E-state index is 0.159. The second-order valence-electron chi connectivity index (χ2n) is 4.02. The van der Waals surface area contributed by atoms with E-state index >= 15 is 0 Å². The second kappa shape index (κ2) is 6.35. The van der Waals surface area contributed by atoms with Gasteiger partial charge in [-0.3, -0.25) is 0 Å². The first-order chi connectivity index (χ1) is 6.02. The van der Waals surface area contributed by atoms with E-state index in [-0.39, 0.29) is 6.10 Å². The van der Waals surface area contributed by atoms with Crippen molar-refractivity contribution in [3.8, 4) is 0 Å². The molecule has 0 aliphatic heterocycles. The summed E-state index contributed by atoms with van der Waals surface area (Å²) >= 11 is 0. The molecule has 13 heavy (non-hydrogen) atoms. The molecule has 2 atom stereocenters. The normalized spacial score (nSPS) is 16.6. The SMILES string of the molecule is COC(CN)CN(C)C(C)C(C)C. The van der Waals surface area contributed by atoms with E-state index in [0.717, 1.165) is 6.54 Å². The number of nitrogens with zero attached hydrogens (tertiary/aromatic N) is 1.